The number of carbonyl (C=O) groups excluding carboxylic acids is 1. The van der Waals surface area contributed by atoms with Gasteiger partial charge in [0.15, 0.2) is 0 Å². The van der Waals surface area contributed by atoms with Crippen LogP contribution in [0.15, 0.2) is 48.6 Å². The Morgan fingerprint density at radius 3 is 2.72 bits per heavy atom. The molecule has 1 aliphatic carbocycles. The monoisotopic (exact) mass is 337 g/mol. The molecule has 6 heteroatoms. The fraction of sp³-hybridized carbons (Fsp3) is 0.368. The Kier molecular flexibility index (Phi) is 6.09. The maximum Gasteiger partial charge on any atom is 0.271 e. The van der Waals surface area contributed by atoms with Crippen LogP contribution in [0.2, 0.25) is 0 Å². The van der Waals surface area contributed by atoms with E-state index < -0.39 is 0 Å². The smallest absolute Gasteiger partial charge is 0.271 e. The second-order valence-corrected chi connectivity index (χ2v) is 6.11. The molecular weight excluding hydrogens is 314 g/mol. The molecular formula is C19H23N5O. The first-order valence-corrected chi connectivity index (χ1v) is 8.72. The lowest BCUT2D eigenvalue weighted by atomic mass is 9.97. The van der Waals surface area contributed by atoms with Gasteiger partial charge in [-0.1, -0.05) is 11.6 Å². The van der Waals surface area contributed by atoms with E-state index in [0.717, 1.165) is 18.5 Å². The predicted octanol–water partition coefficient (Wildman–Crippen LogP) is 3.10. The van der Waals surface area contributed by atoms with Crippen LogP contribution in [-0.4, -0.2) is 27.4 Å². The average Bonchev–Trinajstić information content (AvgIpc) is 2.68. The lowest BCUT2D eigenvalue weighted by Gasteiger charge is -2.13. The third-order valence-electron chi connectivity index (χ3n) is 4.22. The van der Waals surface area contributed by atoms with Crippen molar-refractivity contribution in [2.75, 3.05) is 11.9 Å². The summed E-state index contributed by atoms with van der Waals surface area (Å²) in [4.78, 5) is 24.5. The summed E-state index contributed by atoms with van der Waals surface area (Å²) < 4.78 is 0. The van der Waals surface area contributed by atoms with E-state index in [2.05, 4.69) is 31.7 Å². The van der Waals surface area contributed by atoms with Crippen LogP contribution in [0.1, 0.15) is 48.2 Å². The molecule has 0 spiro atoms. The van der Waals surface area contributed by atoms with Crippen molar-refractivity contribution >= 4 is 11.7 Å². The number of carbonyl (C=O) groups is 1. The van der Waals surface area contributed by atoms with E-state index in [-0.39, 0.29) is 5.91 Å². The van der Waals surface area contributed by atoms with Crippen molar-refractivity contribution in [3.8, 4) is 0 Å². The minimum atomic E-state index is -0.233. The van der Waals surface area contributed by atoms with Gasteiger partial charge in [-0.05, 0) is 49.8 Å². The molecule has 6 nitrogen and oxygen atoms in total. The van der Waals surface area contributed by atoms with Crippen molar-refractivity contribution in [1.29, 1.82) is 0 Å². The molecule has 3 rings (SSSR count). The molecule has 0 bridgehead atoms. The van der Waals surface area contributed by atoms with Gasteiger partial charge in [0.1, 0.15) is 11.5 Å². The molecule has 0 aromatic carbocycles. The second kappa shape index (κ2) is 8.92. The SMILES string of the molecule is O=C(NCc1ccncc1)c1cnc(NCCC2=CCCCC2)cn1. The molecule has 2 aromatic rings. The fourth-order valence-corrected chi connectivity index (χ4v) is 2.79. The fourth-order valence-electron chi connectivity index (χ4n) is 2.79. The van der Waals surface area contributed by atoms with Crippen LogP contribution in [-0.2, 0) is 6.54 Å². The Hall–Kier alpha value is -2.76. The van der Waals surface area contributed by atoms with E-state index in [1.807, 2.05) is 12.1 Å². The number of rotatable bonds is 7. The average molecular weight is 337 g/mol. The van der Waals surface area contributed by atoms with E-state index >= 15 is 0 Å². The van der Waals surface area contributed by atoms with Crippen LogP contribution in [0.3, 0.4) is 0 Å². The topological polar surface area (TPSA) is 79.8 Å². The summed E-state index contributed by atoms with van der Waals surface area (Å²) in [7, 11) is 0. The normalized spacial score (nSPS) is 13.8. The Morgan fingerprint density at radius 2 is 2.00 bits per heavy atom. The largest absolute Gasteiger partial charge is 0.368 e. The molecule has 0 saturated heterocycles. The Morgan fingerprint density at radius 1 is 1.12 bits per heavy atom. The number of anilines is 1. The van der Waals surface area contributed by atoms with Crippen LogP contribution >= 0.6 is 0 Å². The highest BCUT2D eigenvalue weighted by Crippen LogP contribution is 2.19. The Bertz CT molecular complexity index is 712. The van der Waals surface area contributed by atoms with Gasteiger partial charge in [0.2, 0.25) is 0 Å². The third kappa shape index (κ3) is 5.38. The zero-order valence-corrected chi connectivity index (χ0v) is 14.2. The van der Waals surface area contributed by atoms with E-state index in [9.17, 15) is 4.79 Å². The van der Waals surface area contributed by atoms with Crippen molar-refractivity contribution in [3.63, 3.8) is 0 Å². The van der Waals surface area contributed by atoms with Crippen LogP contribution in [0, 0.1) is 0 Å². The van der Waals surface area contributed by atoms with E-state index in [1.54, 1.807) is 18.6 Å². The summed E-state index contributed by atoms with van der Waals surface area (Å²) in [5.74, 6) is 0.463. The van der Waals surface area contributed by atoms with Crippen LogP contribution in [0.25, 0.3) is 0 Å². The number of aromatic nitrogens is 3. The van der Waals surface area contributed by atoms with Crippen molar-refractivity contribution in [3.05, 3.63) is 59.8 Å². The first-order chi connectivity index (χ1) is 12.3. The molecule has 0 fully saturated rings. The van der Waals surface area contributed by atoms with Gasteiger partial charge in [-0.25, -0.2) is 9.97 Å². The minimum absolute atomic E-state index is 0.233. The summed E-state index contributed by atoms with van der Waals surface area (Å²) >= 11 is 0. The molecule has 2 heterocycles. The quantitative estimate of drug-likeness (QED) is 0.759. The molecule has 0 atom stereocenters. The zero-order valence-electron chi connectivity index (χ0n) is 14.2. The van der Waals surface area contributed by atoms with E-state index in [4.69, 9.17) is 0 Å². The number of hydrogen-bond acceptors (Lipinski definition) is 5. The van der Waals surface area contributed by atoms with Crippen molar-refractivity contribution < 1.29 is 4.79 Å². The number of pyridine rings is 1. The second-order valence-electron chi connectivity index (χ2n) is 6.11. The highest BCUT2D eigenvalue weighted by molar-refractivity contribution is 5.91. The first kappa shape index (κ1) is 17.1. The summed E-state index contributed by atoms with van der Waals surface area (Å²) in [6.45, 7) is 1.28. The Labute approximate surface area is 147 Å². The molecule has 25 heavy (non-hydrogen) atoms. The van der Waals surface area contributed by atoms with Gasteiger partial charge in [-0.15, -0.1) is 0 Å². The lowest BCUT2D eigenvalue weighted by Crippen LogP contribution is -2.24. The highest BCUT2D eigenvalue weighted by Gasteiger charge is 2.08. The van der Waals surface area contributed by atoms with Crippen molar-refractivity contribution in [2.45, 2.75) is 38.6 Å². The van der Waals surface area contributed by atoms with Gasteiger partial charge >= 0.3 is 0 Å². The predicted molar refractivity (Wildman–Crippen MR) is 97.1 cm³/mol. The molecule has 1 amide bonds. The number of nitrogens with zero attached hydrogens (tertiary/aromatic N) is 3. The number of allylic oxidation sites excluding steroid dienone is 1. The summed E-state index contributed by atoms with van der Waals surface area (Å²) in [5, 5.41) is 6.09. The summed E-state index contributed by atoms with van der Waals surface area (Å²) in [5.41, 5.74) is 2.83. The maximum atomic E-state index is 12.1. The van der Waals surface area contributed by atoms with E-state index in [0.29, 0.717) is 18.1 Å². The first-order valence-electron chi connectivity index (χ1n) is 8.72. The van der Waals surface area contributed by atoms with Gasteiger partial charge in [-0.3, -0.25) is 9.78 Å². The number of hydrogen-bond donors (Lipinski definition) is 2. The van der Waals surface area contributed by atoms with Crippen LogP contribution in [0.5, 0.6) is 0 Å². The molecule has 2 aromatic heterocycles. The van der Waals surface area contributed by atoms with E-state index in [1.165, 1.54) is 37.5 Å². The maximum absolute atomic E-state index is 12.1. The van der Waals surface area contributed by atoms with Crippen LogP contribution in [0.4, 0.5) is 5.82 Å². The standard InChI is InChI=1S/C19H23N5O/c25-19(24-12-16-6-9-20-10-7-16)17-13-23-18(14-22-17)21-11-8-15-4-2-1-3-5-15/h4,6-7,9-10,13-14H,1-3,5,8,11-12H2,(H,21,23)(H,24,25). The molecule has 0 unspecified atom stereocenters. The highest BCUT2D eigenvalue weighted by atomic mass is 16.1. The molecule has 2 N–H and O–H groups in total. The number of amides is 1. The van der Waals surface area contributed by atoms with Crippen LogP contribution < -0.4 is 10.6 Å². The third-order valence-corrected chi connectivity index (χ3v) is 4.22. The number of nitrogens with one attached hydrogen (secondary N) is 2. The van der Waals surface area contributed by atoms with Crippen molar-refractivity contribution in [2.24, 2.45) is 0 Å². The van der Waals surface area contributed by atoms with Gasteiger partial charge in [-0.2, -0.15) is 0 Å². The lowest BCUT2D eigenvalue weighted by molar-refractivity contribution is 0.0945. The van der Waals surface area contributed by atoms with Gasteiger partial charge in [0, 0.05) is 25.5 Å². The van der Waals surface area contributed by atoms with Gasteiger partial charge in [0.25, 0.3) is 5.91 Å². The van der Waals surface area contributed by atoms with Gasteiger partial charge < -0.3 is 10.6 Å². The summed E-state index contributed by atoms with van der Waals surface area (Å²) in [6.07, 6.45) is 14.9. The Balaban J connectivity index is 1.44. The molecule has 130 valence electrons. The molecule has 0 aliphatic heterocycles. The molecule has 0 radical (unpaired) electrons. The zero-order chi connectivity index (χ0) is 17.3. The van der Waals surface area contributed by atoms with Gasteiger partial charge in [0.05, 0.1) is 12.4 Å². The molecule has 1 aliphatic rings. The summed E-state index contributed by atoms with van der Waals surface area (Å²) in [6, 6.07) is 3.72. The van der Waals surface area contributed by atoms with Crippen molar-refractivity contribution in [1.82, 2.24) is 20.3 Å². The molecule has 0 saturated carbocycles. The minimum Gasteiger partial charge on any atom is -0.368 e.